The first kappa shape index (κ1) is 12.2. The van der Waals surface area contributed by atoms with E-state index in [1.807, 2.05) is 13.0 Å². The molecule has 2 heterocycles. The molecule has 1 atom stereocenters. The molecular weight excluding hydrogens is 230 g/mol. The number of hydrogen-bond donors (Lipinski definition) is 1. The van der Waals surface area contributed by atoms with E-state index in [-0.39, 0.29) is 6.04 Å². The van der Waals surface area contributed by atoms with Crippen molar-refractivity contribution >= 4 is 11.3 Å². The Bertz CT molecular complexity index is 519. The van der Waals surface area contributed by atoms with Crippen molar-refractivity contribution in [2.45, 2.75) is 33.2 Å². The maximum atomic E-state index is 6.35. The lowest BCUT2D eigenvalue weighted by molar-refractivity contribution is 0.789. The Kier molecular flexibility index (Phi) is 3.54. The molecule has 0 saturated heterocycles. The first-order valence-corrected chi connectivity index (χ1v) is 6.64. The van der Waals surface area contributed by atoms with Crippen LogP contribution >= 0.6 is 11.3 Å². The van der Waals surface area contributed by atoms with Crippen LogP contribution in [0.4, 0.5) is 0 Å². The van der Waals surface area contributed by atoms with Gasteiger partial charge in [-0.1, -0.05) is 6.92 Å². The second-order valence-electron chi connectivity index (χ2n) is 4.15. The maximum Gasteiger partial charge on any atom is 0.0679 e. The molecule has 90 valence electrons. The second kappa shape index (κ2) is 4.94. The third-order valence-corrected chi connectivity index (χ3v) is 3.79. The van der Waals surface area contributed by atoms with Gasteiger partial charge in [-0.3, -0.25) is 0 Å². The van der Waals surface area contributed by atoms with E-state index in [1.165, 1.54) is 10.4 Å². The number of hydrogen-bond acceptors (Lipinski definition) is 4. The summed E-state index contributed by atoms with van der Waals surface area (Å²) in [5.41, 5.74) is 10.5. The average molecular weight is 247 g/mol. The normalized spacial score (nSPS) is 12.7. The molecular formula is C13H17N3S. The third kappa shape index (κ3) is 2.37. The monoisotopic (exact) mass is 247 g/mol. The summed E-state index contributed by atoms with van der Waals surface area (Å²) in [5.74, 6) is 0. The molecule has 4 heteroatoms. The summed E-state index contributed by atoms with van der Waals surface area (Å²) >= 11 is 1.73. The molecule has 0 bridgehead atoms. The van der Waals surface area contributed by atoms with Gasteiger partial charge in [0.25, 0.3) is 0 Å². The zero-order valence-electron chi connectivity index (χ0n) is 10.4. The minimum atomic E-state index is -0.0922. The fourth-order valence-corrected chi connectivity index (χ4v) is 2.71. The van der Waals surface area contributed by atoms with Crippen molar-refractivity contribution in [2.75, 3.05) is 0 Å². The molecule has 0 aliphatic carbocycles. The predicted octanol–water partition coefficient (Wildman–Crippen LogP) is 2.77. The lowest BCUT2D eigenvalue weighted by Gasteiger charge is -2.15. The van der Waals surface area contributed by atoms with Gasteiger partial charge >= 0.3 is 0 Å². The maximum absolute atomic E-state index is 6.35. The van der Waals surface area contributed by atoms with Crippen molar-refractivity contribution < 1.29 is 0 Å². The third-order valence-electron chi connectivity index (χ3n) is 2.93. The van der Waals surface area contributed by atoms with Crippen molar-refractivity contribution in [3.63, 3.8) is 0 Å². The Hall–Kier alpha value is -1.26. The fourth-order valence-electron chi connectivity index (χ4n) is 1.96. The predicted molar refractivity (Wildman–Crippen MR) is 71.2 cm³/mol. The first-order chi connectivity index (χ1) is 8.13. The van der Waals surface area contributed by atoms with Gasteiger partial charge in [0.2, 0.25) is 0 Å². The Morgan fingerprint density at radius 2 is 2.06 bits per heavy atom. The Morgan fingerprint density at radius 3 is 2.65 bits per heavy atom. The molecule has 1 unspecified atom stereocenters. The van der Waals surface area contributed by atoms with Crippen LogP contribution in [0.1, 0.15) is 40.4 Å². The van der Waals surface area contributed by atoms with Crippen LogP contribution in [0.5, 0.6) is 0 Å². The van der Waals surface area contributed by atoms with Crippen molar-refractivity contribution in [3.05, 3.63) is 44.9 Å². The highest BCUT2D eigenvalue weighted by Gasteiger charge is 2.16. The van der Waals surface area contributed by atoms with Crippen molar-refractivity contribution in [3.8, 4) is 0 Å². The molecule has 0 amide bonds. The number of aromatic nitrogens is 2. The second-order valence-corrected chi connectivity index (χ2v) is 5.27. The van der Waals surface area contributed by atoms with Crippen molar-refractivity contribution in [1.29, 1.82) is 0 Å². The molecule has 17 heavy (non-hydrogen) atoms. The van der Waals surface area contributed by atoms with Gasteiger partial charge in [0.1, 0.15) is 0 Å². The molecule has 0 aliphatic rings. The smallest absolute Gasteiger partial charge is 0.0679 e. The Morgan fingerprint density at radius 1 is 1.29 bits per heavy atom. The molecule has 0 aromatic carbocycles. The van der Waals surface area contributed by atoms with E-state index in [1.54, 1.807) is 11.3 Å². The van der Waals surface area contributed by atoms with Crippen molar-refractivity contribution in [2.24, 2.45) is 5.73 Å². The highest BCUT2D eigenvalue weighted by molar-refractivity contribution is 7.10. The summed E-state index contributed by atoms with van der Waals surface area (Å²) in [4.78, 5) is 1.27. The topological polar surface area (TPSA) is 51.8 Å². The van der Waals surface area contributed by atoms with Gasteiger partial charge in [-0.05, 0) is 48.9 Å². The summed E-state index contributed by atoms with van der Waals surface area (Å²) in [7, 11) is 0. The highest BCUT2D eigenvalue weighted by Crippen LogP contribution is 2.27. The molecule has 2 aromatic rings. The number of rotatable bonds is 3. The first-order valence-electron chi connectivity index (χ1n) is 5.76. The van der Waals surface area contributed by atoms with Crippen LogP contribution in [0.15, 0.2) is 17.5 Å². The van der Waals surface area contributed by atoms with Gasteiger partial charge in [-0.2, -0.15) is 10.2 Å². The Balaban J connectivity index is 2.46. The summed E-state index contributed by atoms with van der Waals surface area (Å²) < 4.78 is 0. The zero-order chi connectivity index (χ0) is 12.4. The van der Waals surface area contributed by atoms with Crippen LogP contribution in [-0.4, -0.2) is 10.2 Å². The van der Waals surface area contributed by atoms with Gasteiger partial charge in [0, 0.05) is 4.88 Å². The van der Waals surface area contributed by atoms with E-state index >= 15 is 0 Å². The standard InChI is InChI=1S/C13H17N3S/c1-4-12-11(7-8(2)15-16-12)13(14)10-5-6-17-9(10)3/h5-7,13H,4,14H2,1-3H3. The summed E-state index contributed by atoms with van der Waals surface area (Å²) in [5, 5.41) is 10.4. The minimum absolute atomic E-state index is 0.0922. The van der Waals surface area contributed by atoms with Gasteiger partial charge in [-0.15, -0.1) is 11.3 Å². The molecule has 2 rings (SSSR count). The summed E-state index contributed by atoms with van der Waals surface area (Å²) in [6.07, 6.45) is 0.861. The van der Waals surface area contributed by atoms with Gasteiger partial charge in [-0.25, -0.2) is 0 Å². The molecule has 3 nitrogen and oxygen atoms in total. The van der Waals surface area contributed by atoms with Crippen molar-refractivity contribution in [1.82, 2.24) is 10.2 Å². The molecule has 0 saturated carbocycles. The quantitative estimate of drug-likeness (QED) is 0.907. The minimum Gasteiger partial charge on any atom is -0.320 e. The lowest BCUT2D eigenvalue weighted by Crippen LogP contribution is -2.16. The van der Waals surface area contributed by atoms with E-state index in [4.69, 9.17) is 5.73 Å². The number of thiophene rings is 1. The van der Waals surface area contributed by atoms with Gasteiger partial charge in [0.15, 0.2) is 0 Å². The zero-order valence-corrected chi connectivity index (χ0v) is 11.2. The fraction of sp³-hybridized carbons (Fsp3) is 0.385. The molecule has 0 spiro atoms. The molecule has 2 N–H and O–H groups in total. The number of nitrogens with two attached hydrogens (primary N) is 1. The largest absolute Gasteiger partial charge is 0.320 e. The van der Waals surface area contributed by atoms with Crippen LogP contribution in [0.3, 0.4) is 0 Å². The van der Waals surface area contributed by atoms with E-state index in [0.717, 1.165) is 23.4 Å². The van der Waals surface area contributed by atoms with E-state index in [9.17, 15) is 0 Å². The highest BCUT2D eigenvalue weighted by atomic mass is 32.1. The molecule has 0 radical (unpaired) electrons. The lowest BCUT2D eigenvalue weighted by atomic mass is 9.98. The Labute approximate surface area is 106 Å². The number of nitrogens with zero attached hydrogens (tertiary/aromatic N) is 2. The summed E-state index contributed by atoms with van der Waals surface area (Å²) in [6.45, 7) is 6.13. The van der Waals surface area contributed by atoms with E-state index in [0.29, 0.717) is 0 Å². The molecule has 2 aromatic heterocycles. The van der Waals surface area contributed by atoms with Crippen LogP contribution < -0.4 is 5.73 Å². The molecule has 0 fully saturated rings. The number of aryl methyl sites for hydroxylation is 3. The average Bonchev–Trinajstić information content (AvgIpc) is 2.74. The SMILES string of the molecule is CCc1nnc(C)cc1C(N)c1ccsc1C. The van der Waals surface area contributed by atoms with Crippen LogP contribution in [-0.2, 0) is 6.42 Å². The van der Waals surface area contributed by atoms with Crippen LogP contribution in [0, 0.1) is 13.8 Å². The summed E-state index contributed by atoms with van der Waals surface area (Å²) in [6, 6.07) is 4.05. The van der Waals surface area contributed by atoms with E-state index < -0.39 is 0 Å². The van der Waals surface area contributed by atoms with Crippen LogP contribution in [0.25, 0.3) is 0 Å². The van der Waals surface area contributed by atoms with Crippen LogP contribution in [0.2, 0.25) is 0 Å². The van der Waals surface area contributed by atoms with E-state index in [2.05, 4.69) is 35.5 Å². The van der Waals surface area contributed by atoms with Gasteiger partial charge < -0.3 is 5.73 Å². The van der Waals surface area contributed by atoms with Gasteiger partial charge in [0.05, 0.1) is 17.4 Å². The molecule has 0 aliphatic heterocycles.